The molecule has 1 saturated carbocycles. The van der Waals surface area contributed by atoms with Crippen LogP contribution in [-0.2, 0) is 19.1 Å². The molecule has 4 nitrogen and oxygen atoms in total. The first kappa shape index (κ1) is 8.28. The first-order valence-corrected chi connectivity index (χ1v) is 5.51. The Balaban J connectivity index is 1.90. The lowest BCUT2D eigenvalue weighted by Gasteiger charge is -2.40. The number of carbonyl (C=O) groups excluding carboxylic acids is 2. The van der Waals surface area contributed by atoms with Gasteiger partial charge < -0.3 is 9.47 Å². The molecule has 0 amide bonds. The predicted octanol–water partition coefficient (Wildman–Crippen LogP) is 0.294. The van der Waals surface area contributed by atoms with E-state index in [4.69, 9.17) is 9.47 Å². The Labute approximate surface area is 86.9 Å². The van der Waals surface area contributed by atoms with E-state index in [-0.39, 0.29) is 47.3 Å². The van der Waals surface area contributed by atoms with Crippen LogP contribution in [0, 0.1) is 17.8 Å². The summed E-state index contributed by atoms with van der Waals surface area (Å²) in [5, 5.41) is 0. The molecule has 0 aromatic rings. The van der Waals surface area contributed by atoms with Crippen molar-refractivity contribution in [2.75, 3.05) is 0 Å². The third-order valence-corrected chi connectivity index (χ3v) is 4.79. The van der Waals surface area contributed by atoms with Gasteiger partial charge in [0.2, 0.25) is 0 Å². The predicted molar refractivity (Wildman–Crippen MR) is 47.9 cm³/mol. The van der Waals surface area contributed by atoms with Crippen LogP contribution in [-0.4, -0.2) is 29.6 Å². The zero-order valence-corrected chi connectivity index (χ0v) is 8.43. The van der Waals surface area contributed by atoms with Crippen LogP contribution in [0.3, 0.4) is 0 Å². The van der Waals surface area contributed by atoms with Crippen molar-refractivity contribution < 1.29 is 19.1 Å². The molecule has 1 aliphatic carbocycles. The van der Waals surface area contributed by atoms with Crippen LogP contribution in [0.25, 0.3) is 0 Å². The number of esters is 1. The number of hydrogen-bond acceptors (Lipinski definition) is 4. The molecule has 0 radical (unpaired) electrons. The van der Waals surface area contributed by atoms with Crippen molar-refractivity contribution in [3.8, 4) is 0 Å². The van der Waals surface area contributed by atoms with E-state index in [1.807, 2.05) is 6.92 Å². The SMILES string of the molecule is C[C@@]12O[C@@H]3[C@H]4OC(=O)[C@@H]3[C@@H]1CC(=O)C[C@H]42. The highest BCUT2D eigenvalue weighted by Gasteiger charge is 2.75. The molecule has 0 unspecified atom stereocenters. The maximum Gasteiger partial charge on any atom is 0.312 e. The maximum absolute atomic E-state index is 11.7. The van der Waals surface area contributed by atoms with Crippen LogP contribution in [0.2, 0.25) is 0 Å². The summed E-state index contributed by atoms with van der Waals surface area (Å²) in [4.78, 5) is 23.3. The lowest BCUT2D eigenvalue weighted by molar-refractivity contribution is -0.144. The van der Waals surface area contributed by atoms with Crippen molar-refractivity contribution in [3.63, 3.8) is 0 Å². The zero-order valence-electron chi connectivity index (χ0n) is 8.43. The zero-order chi connectivity index (χ0) is 10.4. The number of rotatable bonds is 0. The van der Waals surface area contributed by atoms with Crippen LogP contribution in [0.1, 0.15) is 19.8 Å². The van der Waals surface area contributed by atoms with Crippen LogP contribution in [0.15, 0.2) is 0 Å². The van der Waals surface area contributed by atoms with Crippen molar-refractivity contribution in [1.29, 1.82) is 0 Å². The summed E-state index contributed by atoms with van der Waals surface area (Å²) in [7, 11) is 0. The number of ketones is 1. The van der Waals surface area contributed by atoms with Gasteiger partial charge in [-0.3, -0.25) is 9.59 Å². The Morgan fingerprint density at radius 3 is 2.73 bits per heavy atom. The second-order valence-corrected chi connectivity index (χ2v) is 5.35. The average Bonchev–Trinajstić information content (AvgIpc) is 2.68. The Bertz CT molecular complexity index is 390. The van der Waals surface area contributed by atoms with Crippen molar-refractivity contribution in [1.82, 2.24) is 0 Å². The van der Waals surface area contributed by atoms with Gasteiger partial charge in [0.15, 0.2) is 0 Å². The molecule has 0 N–H and O–H groups in total. The molecule has 0 aromatic carbocycles. The topological polar surface area (TPSA) is 52.6 Å². The Kier molecular flexibility index (Phi) is 1.17. The average molecular weight is 208 g/mol. The molecule has 80 valence electrons. The van der Waals surface area contributed by atoms with Crippen molar-refractivity contribution >= 4 is 11.8 Å². The number of ether oxygens (including phenoxy) is 2. The van der Waals surface area contributed by atoms with E-state index in [1.54, 1.807) is 0 Å². The Morgan fingerprint density at radius 2 is 1.93 bits per heavy atom. The van der Waals surface area contributed by atoms with Gasteiger partial charge in [0.05, 0.1) is 11.5 Å². The monoisotopic (exact) mass is 208 g/mol. The summed E-state index contributed by atoms with van der Waals surface area (Å²) >= 11 is 0. The lowest BCUT2D eigenvalue weighted by Crippen LogP contribution is -2.51. The van der Waals surface area contributed by atoms with Gasteiger partial charge in [-0.25, -0.2) is 0 Å². The van der Waals surface area contributed by atoms with Gasteiger partial charge >= 0.3 is 5.97 Å². The normalized spacial score (nSPS) is 59.9. The van der Waals surface area contributed by atoms with Gasteiger partial charge in [0, 0.05) is 24.7 Å². The summed E-state index contributed by atoms with van der Waals surface area (Å²) in [6.45, 7) is 2.05. The first-order valence-electron chi connectivity index (χ1n) is 5.51. The van der Waals surface area contributed by atoms with Crippen molar-refractivity contribution in [3.05, 3.63) is 0 Å². The van der Waals surface area contributed by atoms with E-state index < -0.39 is 0 Å². The number of hydrogen-bond donors (Lipinski definition) is 0. The molecule has 6 atom stereocenters. The number of fused-ring (bicyclic) bond motifs is 2. The fraction of sp³-hybridized carbons (Fsp3) is 0.818. The minimum Gasteiger partial charge on any atom is -0.459 e. The summed E-state index contributed by atoms with van der Waals surface area (Å²) < 4.78 is 11.3. The summed E-state index contributed by atoms with van der Waals surface area (Å²) in [5.74, 6) is 0.132. The molecule has 0 aromatic heterocycles. The third kappa shape index (κ3) is 0.698. The standard InChI is InChI=1S/C11H12O4/c1-11-5-2-4(12)3-6(11)8-9(15-11)7(5)10(13)14-8/h5-9H,2-3H2,1H3/t5-,6+,7+,8-,9-,11+/m0/s1. The first-order chi connectivity index (χ1) is 7.11. The van der Waals surface area contributed by atoms with Gasteiger partial charge in [-0.15, -0.1) is 0 Å². The Hall–Kier alpha value is -0.900. The van der Waals surface area contributed by atoms with Gasteiger partial charge in [0.1, 0.15) is 18.0 Å². The van der Waals surface area contributed by atoms with E-state index in [2.05, 4.69) is 0 Å². The van der Waals surface area contributed by atoms with Gasteiger partial charge in [0.25, 0.3) is 0 Å². The van der Waals surface area contributed by atoms with Crippen LogP contribution >= 0.6 is 0 Å². The van der Waals surface area contributed by atoms with Crippen molar-refractivity contribution in [2.24, 2.45) is 17.8 Å². The van der Waals surface area contributed by atoms with E-state index in [0.29, 0.717) is 12.8 Å². The molecule has 15 heavy (non-hydrogen) atoms. The molecular weight excluding hydrogens is 196 g/mol. The number of Topliss-reactive ketones (excluding diaryl/α,β-unsaturated/α-hetero) is 1. The van der Waals surface area contributed by atoms with E-state index >= 15 is 0 Å². The van der Waals surface area contributed by atoms with E-state index in [0.717, 1.165) is 0 Å². The summed E-state index contributed by atoms with van der Waals surface area (Å²) in [6, 6.07) is 0. The minimum atomic E-state index is -0.278. The molecule has 3 heterocycles. The quantitative estimate of drug-likeness (QED) is 0.537. The summed E-state index contributed by atoms with van der Waals surface area (Å²) in [6.07, 6.45) is 0.808. The molecule has 4 heteroatoms. The maximum atomic E-state index is 11.7. The molecule has 3 saturated heterocycles. The Morgan fingerprint density at radius 1 is 1.20 bits per heavy atom. The highest BCUT2D eigenvalue weighted by molar-refractivity contribution is 5.85. The minimum absolute atomic E-state index is 0.0643. The highest BCUT2D eigenvalue weighted by atomic mass is 16.6. The van der Waals surface area contributed by atoms with Crippen LogP contribution < -0.4 is 0 Å². The van der Waals surface area contributed by atoms with Crippen LogP contribution in [0.5, 0.6) is 0 Å². The molecule has 4 rings (SSSR count). The molecule has 0 spiro atoms. The smallest absolute Gasteiger partial charge is 0.312 e. The van der Waals surface area contributed by atoms with Gasteiger partial charge in [-0.2, -0.15) is 0 Å². The fourth-order valence-electron chi connectivity index (χ4n) is 4.11. The lowest BCUT2D eigenvalue weighted by atomic mass is 9.60. The molecular formula is C11H12O4. The van der Waals surface area contributed by atoms with Gasteiger partial charge in [-0.1, -0.05) is 0 Å². The molecule has 4 aliphatic rings. The van der Waals surface area contributed by atoms with E-state index in [1.165, 1.54) is 0 Å². The summed E-state index contributed by atoms with van der Waals surface area (Å²) in [5.41, 5.74) is -0.278. The second kappa shape index (κ2) is 2.12. The second-order valence-electron chi connectivity index (χ2n) is 5.35. The van der Waals surface area contributed by atoms with Crippen LogP contribution in [0.4, 0.5) is 0 Å². The largest absolute Gasteiger partial charge is 0.459 e. The van der Waals surface area contributed by atoms with Crippen molar-refractivity contribution in [2.45, 2.75) is 37.6 Å². The molecule has 3 aliphatic heterocycles. The van der Waals surface area contributed by atoms with Gasteiger partial charge in [-0.05, 0) is 6.92 Å². The highest BCUT2D eigenvalue weighted by Crippen LogP contribution is 2.63. The number of carbonyl (C=O) groups is 2. The third-order valence-electron chi connectivity index (χ3n) is 4.79. The van der Waals surface area contributed by atoms with E-state index in [9.17, 15) is 9.59 Å². The molecule has 4 fully saturated rings. The fourth-order valence-corrected chi connectivity index (χ4v) is 4.11. The molecule has 2 bridgehead atoms.